The molecule has 1 amide bonds. The van der Waals surface area contributed by atoms with Crippen LogP contribution in [0.1, 0.15) is 29.0 Å². The van der Waals surface area contributed by atoms with Crippen molar-refractivity contribution in [2.45, 2.75) is 25.4 Å². The van der Waals surface area contributed by atoms with Crippen LogP contribution in [0.5, 0.6) is 0 Å². The van der Waals surface area contributed by atoms with Crippen LogP contribution in [-0.4, -0.2) is 45.0 Å². The fourth-order valence-electron chi connectivity index (χ4n) is 2.37. The molecule has 3 heterocycles. The van der Waals surface area contributed by atoms with Gasteiger partial charge in [-0.2, -0.15) is 0 Å². The van der Waals surface area contributed by atoms with E-state index in [-0.39, 0.29) is 36.8 Å². The predicted molar refractivity (Wildman–Crippen MR) is 91.2 cm³/mol. The second-order valence-electron chi connectivity index (χ2n) is 5.14. The molecule has 2 aromatic heterocycles. The van der Waals surface area contributed by atoms with Gasteiger partial charge in [0.25, 0.3) is 5.91 Å². The Morgan fingerprint density at radius 1 is 1.39 bits per heavy atom. The summed E-state index contributed by atoms with van der Waals surface area (Å²) in [6.07, 6.45) is 5.47. The average molecular weight is 359 g/mol. The van der Waals surface area contributed by atoms with Gasteiger partial charge in [0.15, 0.2) is 5.69 Å². The van der Waals surface area contributed by atoms with Crippen LogP contribution in [0.4, 0.5) is 0 Å². The van der Waals surface area contributed by atoms with Crippen molar-refractivity contribution in [1.29, 1.82) is 0 Å². The van der Waals surface area contributed by atoms with Crippen LogP contribution in [-0.2, 0) is 6.54 Å². The van der Waals surface area contributed by atoms with E-state index in [2.05, 4.69) is 25.9 Å². The Labute approximate surface area is 147 Å². The van der Waals surface area contributed by atoms with Crippen LogP contribution in [0.25, 0.3) is 0 Å². The topological polar surface area (TPSA) is 84.7 Å². The molecular weight excluding hydrogens is 339 g/mol. The Morgan fingerprint density at radius 3 is 2.96 bits per heavy atom. The molecule has 1 aliphatic rings. The third-order valence-corrected chi connectivity index (χ3v) is 3.45. The largest absolute Gasteiger partial charge is 0.347 e. The zero-order valence-corrected chi connectivity index (χ0v) is 14.1. The first kappa shape index (κ1) is 19.3. The van der Waals surface area contributed by atoms with E-state index in [0.29, 0.717) is 12.2 Å². The molecule has 126 valence electrons. The molecule has 1 aliphatic heterocycles. The van der Waals surface area contributed by atoms with Crippen LogP contribution >= 0.6 is 24.8 Å². The van der Waals surface area contributed by atoms with Crippen molar-refractivity contribution in [3.63, 3.8) is 0 Å². The van der Waals surface area contributed by atoms with Gasteiger partial charge in [-0.3, -0.25) is 9.78 Å². The Kier molecular flexibility index (Phi) is 7.94. The fourth-order valence-corrected chi connectivity index (χ4v) is 2.37. The molecule has 3 rings (SSSR count). The third kappa shape index (κ3) is 5.46. The molecule has 7 nitrogen and oxygen atoms in total. The first-order valence-corrected chi connectivity index (χ1v) is 7.13. The average Bonchev–Trinajstić information content (AvgIpc) is 2.98. The van der Waals surface area contributed by atoms with Gasteiger partial charge in [0.05, 0.1) is 18.4 Å². The lowest BCUT2D eigenvalue weighted by Gasteiger charge is -2.23. The maximum Gasteiger partial charge on any atom is 0.273 e. The summed E-state index contributed by atoms with van der Waals surface area (Å²) in [6, 6.07) is 5.87. The number of nitrogens with zero attached hydrogens (tertiary/aromatic N) is 4. The maximum atomic E-state index is 12.1. The SMILES string of the molecule is Cl.Cl.O=C(N[C@H]1CCCNC1)c1cn(Cc2ccccn2)nn1. The Morgan fingerprint density at radius 2 is 2.26 bits per heavy atom. The summed E-state index contributed by atoms with van der Waals surface area (Å²) in [6.45, 7) is 2.34. The molecule has 0 aromatic carbocycles. The summed E-state index contributed by atoms with van der Waals surface area (Å²) < 4.78 is 1.62. The second-order valence-corrected chi connectivity index (χ2v) is 5.14. The summed E-state index contributed by atoms with van der Waals surface area (Å²) in [5.41, 5.74) is 1.22. The van der Waals surface area contributed by atoms with Crippen molar-refractivity contribution in [2.24, 2.45) is 0 Å². The van der Waals surface area contributed by atoms with Crippen molar-refractivity contribution < 1.29 is 4.79 Å². The first-order valence-electron chi connectivity index (χ1n) is 7.13. The first-order chi connectivity index (χ1) is 10.3. The van der Waals surface area contributed by atoms with E-state index < -0.39 is 0 Å². The highest BCUT2D eigenvalue weighted by molar-refractivity contribution is 5.92. The van der Waals surface area contributed by atoms with Gasteiger partial charge in [-0.05, 0) is 31.5 Å². The minimum atomic E-state index is -0.170. The lowest BCUT2D eigenvalue weighted by atomic mass is 10.1. The fraction of sp³-hybridized carbons (Fsp3) is 0.429. The molecule has 9 heteroatoms. The van der Waals surface area contributed by atoms with Gasteiger partial charge in [-0.25, -0.2) is 4.68 Å². The highest BCUT2D eigenvalue weighted by atomic mass is 35.5. The monoisotopic (exact) mass is 358 g/mol. The molecule has 0 bridgehead atoms. The number of carbonyl (C=O) groups excluding carboxylic acids is 1. The Bertz CT molecular complexity index is 600. The smallest absolute Gasteiger partial charge is 0.273 e. The standard InChI is InChI=1S/C14H18N6O.2ClH/c21-14(17-11-5-3-6-15-8-11)13-10-20(19-18-13)9-12-4-1-2-7-16-12;;/h1-2,4,7,10-11,15H,3,5-6,8-9H2,(H,17,21);2*1H/t11-;;/m0../s1. The molecule has 0 spiro atoms. The number of rotatable bonds is 4. The number of halogens is 2. The Hall–Kier alpha value is -1.70. The minimum Gasteiger partial charge on any atom is -0.347 e. The zero-order chi connectivity index (χ0) is 14.5. The van der Waals surface area contributed by atoms with Crippen LogP contribution in [0, 0.1) is 0 Å². The number of amides is 1. The number of aromatic nitrogens is 4. The second kappa shape index (κ2) is 9.44. The van der Waals surface area contributed by atoms with Crippen LogP contribution in [0.2, 0.25) is 0 Å². The molecule has 23 heavy (non-hydrogen) atoms. The lowest BCUT2D eigenvalue weighted by Crippen LogP contribution is -2.45. The van der Waals surface area contributed by atoms with Crippen molar-refractivity contribution in [3.8, 4) is 0 Å². The van der Waals surface area contributed by atoms with Gasteiger partial charge in [-0.1, -0.05) is 11.3 Å². The third-order valence-electron chi connectivity index (χ3n) is 3.45. The molecule has 0 radical (unpaired) electrons. The molecule has 1 fully saturated rings. The number of carbonyl (C=O) groups is 1. The quantitative estimate of drug-likeness (QED) is 0.852. The predicted octanol–water partition coefficient (Wildman–Crippen LogP) is 1.05. The number of hydrogen-bond donors (Lipinski definition) is 2. The number of nitrogens with one attached hydrogen (secondary N) is 2. The van der Waals surface area contributed by atoms with Crippen molar-refractivity contribution in [1.82, 2.24) is 30.6 Å². The molecule has 2 aromatic rings. The molecule has 1 atom stereocenters. The van der Waals surface area contributed by atoms with E-state index in [1.807, 2.05) is 18.2 Å². The summed E-state index contributed by atoms with van der Waals surface area (Å²) in [7, 11) is 0. The van der Waals surface area contributed by atoms with Crippen molar-refractivity contribution in [2.75, 3.05) is 13.1 Å². The van der Waals surface area contributed by atoms with Crippen molar-refractivity contribution in [3.05, 3.63) is 42.0 Å². The van der Waals surface area contributed by atoms with E-state index in [9.17, 15) is 4.79 Å². The molecule has 2 N–H and O–H groups in total. The normalized spacial score (nSPS) is 16.8. The maximum absolute atomic E-state index is 12.1. The molecule has 1 saturated heterocycles. The number of pyridine rings is 1. The molecule has 0 saturated carbocycles. The van der Waals surface area contributed by atoms with Gasteiger partial charge < -0.3 is 10.6 Å². The Balaban J connectivity index is 0.00000132. The van der Waals surface area contributed by atoms with Gasteiger partial charge in [-0.15, -0.1) is 29.9 Å². The van der Waals surface area contributed by atoms with E-state index in [1.54, 1.807) is 17.1 Å². The highest BCUT2D eigenvalue weighted by Gasteiger charge is 2.18. The summed E-state index contributed by atoms with van der Waals surface area (Å²) >= 11 is 0. The van der Waals surface area contributed by atoms with Gasteiger partial charge in [0, 0.05) is 18.8 Å². The highest BCUT2D eigenvalue weighted by Crippen LogP contribution is 2.04. The van der Waals surface area contributed by atoms with E-state index >= 15 is 0 Å². The van der Waals surface area contributed by atoms with E-state index in [1.165, 1.54) is 0 Å². The molecular formula is C14H20Cl2N6O. The van der Waals surface area contributed by atoms with Crippen LogP contribution in [0.3, 0.4) is 0 Å². The molecule has 0 unspecified atom stereocenters. The molecule has 0 aliphatic carbocycles. The summed E-state index contributed by atoms with van der Waals surface area (Å²) in [5.74, 6) is -0.170. The number of hydrogen-bond acceptors (Lipinski definition) is 5. The van der Waals surface area contributed by atoms with Gasteiger partial charge in [0.1, 0.15) is 0 Å². The van der Waals surface area contributed by atoms with E-state index in [0.717, 1.165) is 31.6 Å². The van der Waals surface area contributed by atoms with Crippen LogP contribution < -0.4 is 10.6 Å². The zero-order valence-electron chi connectivity index (χ0n) is 12.5. The minimum absolute atomic E-state index is 0. The van der Waals surface area contributed by atoms with Crippen molar-refractivity contribution >= 4 is 30.7 Å². The van der Waals surface area contributed by atoms with Gasteiger partial charge >= 0.3 is 0 Å². The van der Waals surface area contributed by atoms with E-state index in [4.69, 9.17) is 0 Å². The lowest BCUT2D eigenvalue weighted by molar-refractivity contribution is 0.0925. The summed E-state index contributed by atoms with van der Waals surface area (Å²) in [4.78, 5) is 16.3. The summed E-state index contributed by atoms with van der Waals surface area (Å²) in [5, 5.41) is 14.2. The number of piperidine rings is 1. The van der Waals surface area contributed by atoms with Crippen LogP contribution in [0.15, 0.2) is 30.6 Å². The van der Waals surface area contributed by atoms with Gasteiger partial charge in [0.2, 0.25) is 0 Å².